The molecule has 2 aromatic rings. The molecule has 5 nitrogen and oxygen atoms in total. The van der Waals surface area contributed by atoms with Gasteiger partial charge in [0.1, 0.15) is 6.04 Å². The molecule has 110 valence electrons. The fourth-order valence-corrected chi connectivity index (χ4v) is 2.35. The summed E-state index contributed by atoms with van der Waals surface area (Å²) in [7, 11) is 0. The molecule has 0 spiro atoms. The molecule has 1 aliphatic heterocycles. The summed E-state index contributed by atoms with van der Waals surface area (Å²) in [5.74, 6) is -0.101. The molecule has 3 rings (SSSR count). The number of urea groups is 1. The van der Waals surface area contributed by atoms with Crippen LogP contribution in [0.15, 0.2) is 65.7 Å². The zero-order valence-electron chi connectivity index (χ0n) is 12.1. The zero-order chi connectivity index (χ0) is 15.5. The average Bonchev–Trinajstić information content (AvgIpc) is 2.56. The molecule has 5 heteroatoms. The van der Waals surface area contributed by atoms with Crippen molar-refractivity contribution >= 4 is 23.2 Å². The van der Waals surface area contributed by atoms with Gasteiger partial charge >= 0.3 is 6.03 Å². The predicted octanol–water partition coefficient (Wildman–Crippen LogP) is 2.58. The van der Waals surface area contributed by atoms with Crippen LogP contribution in [0.4, 0.5) is 10.5 Å². The summed E-state index contributed by atoms with van der Waals surface area (Å²) in [6.45, 7) is 1.48. The van der Waals surface area contributed by atoms with Crippen molar-refractivity contribution in [3.05, 3.63) is 66.2 Å². The van der Waals surface area contributed by atoms with Crippen LogP contribution < -0.4 is 10.4 Å². The number of hydrazine groups is 1. The SMILES string of the molecule is CC(=O)C1NN(c2ccccc2)C(=O)N=C1c1ccccc1. The van der Waals surface area contributed by atoms with E-state index < -0.39 is 12.1 Å². The number of nitrogens with zero attached hydrogens (tertiary/aromatic N) is 2. The number of hydrogen-bond donors (Lipinski definition) is 1. The summed E-state index contributed by atoms with van der Waals surface area (Å²) in [5.41, 5.74) is 4.83. The third-order valence-corrected chi connectivity index (χ3v) is 3.43. The van der Waals surface area contributed by atoms with Gasteiger partial charge in [-0.25, -0.2) is 15.2 Å². The first-order valence-corrected chi connectivity index (χ1v) is 6.96. The van der Waals surface area contributed by atoms with E-state index in [0.717, 1.165) is 5.56 Å². The molecule has 1 atom stereocenters. The maximum Gasteiger partial charge on any atom is 0.362 e. The molecule has 0 saturated heterocycles. The van der Waals surface area contributed by atoms with E-state index in [1.54, 1.807) is 12.1 Å². The second-order valence-corrected chi connectivity index (χ2v) is 4.99. The van der Waals surface area contributed by atoms with Crippen molar-refractivity contribution in [3.63, 3.8) is 0 Å². The number of ketones is 1. The van der Waals surface area contributed by atoms with Gasteiger partial charge in [-0.3, -0.25) is 4.79 Å². The number of nitrogens with one attached hydrogen (secondary N) is 1. The topological polar surface area (TPSA) is 61.8 Å². The van der Waals surface area contributed by atoms with Gasteiger partial charge in [-0.2, -0.15) is 4.99 Å². The minimum absolute atomic E-state index is 0.101. The predicted molar refractivity (Wildman–Crippen MR) is 84.9 cm³/mol. The monoisotopic (exact) mass is 293 g/mol. The van der Waals surface area contributed by atoms with Crippen LogP contribution in [-0.2, 0) is 4.79 Å². The van der Waals surface area contributed by atoms with Crippen molar-refractivity contribution in [2.75, 3.05) is 5.01 Å². The second kappa shape index (κ2) is 5.91. The Balaban J connectivity index is 2.02. The van der Waals surface area contributed by atoms with Crippen LogP contribution in [0.25, 0.3) is 0 Å². The van der Waals surface area contributed by atoms with E-state index >= 15 is 0 Å². The van der Waals surface area contributed by atoms with Crippen molar-refractivity contribution in [2.24, 2.45) is 4.99 Å². The van der Waals surface area contributed by atoms with Gasteiger partial charge < -0.3 is 0 Å². The third kappa shape index (κ3) is 2.66. The molecule has 1 N–H and O–H groups in total. The standard InChI is InChI=1S/C17H15N3O2/c1-12(21)15-16(13-8-4-2-5-9-13)18-17(22)20(19-15)14-10-6-3-7-11-14/h2-11,15,19H,1H3. The fourth-order valence-electron chi connectivity index (χ4n) is 2.35. The molecule has 1 heterocycles. The van der Waals surface area contributed by atoms with Crippen LogP contribution in [0.3, 0.4) is 0 Å². The van der Waals surface area contributed by atoms with Crippen molar-refractivity contribution in [3.8, 4) is 0 Å². The highest BCUT2D eigenvalue weighted by Crippen LogP contribution is 2.18. The number of rotatable bonds is 3. The minimum Gasteiger partial charge on any atom is -0.298 e. The Labute approximate surface area is 128 Å². The van der Waals surface area contributed by atoms with Gasteiger partial charge in [0.15, 0.2) is 5.78 Å². The lowest BCUT2D eigenvalue weighted by molar-refractivity contribution is -0.117. The summed E-state index contributed by atoms with van der Waals surface area (Å²) in [4.78, 5) is 28.4. The molecule has 2 amide bonds. The Kier molecular flexibility index (Phi) is 3.80. The number of carbonyl (C=O) groups is 2. The second-order valence-electron chi connectivity index (χ2n) is 4.99. The van der Waals surface area contributed by atoms with Gasteiger partial charge in [-0.15, -0.1) is 0 Å². The summed E-state index contributed by atoms with van der Waals surface area (Å²) in [5, 5.41) is 1.30. The third-order valence-electron chi connectivity index (χ3n) is 3.43. The smallest absolute Gasteiger partial charge is 0.298 e. The van der Waals surface area contributed by atoms with Crippen molar-refractivity contribution < 1.29 is 9.59 Å². The zero-order valence-corrected chi connectivity index (χ0v) is 12.1. The molecule has 0 aromatic heterocycles. The van der Waals surface area contributed by atoms with E-state index in [9.17, 15) is 9.59 Å². The molecule has 22 heavy (non-hydrogen) atoms. The maximum absolute atomic E-state index is 12.3. The first-order chi connectivity index (χ1) is 10.7. The van der Waals surface area contributed by atoms with Gasteiger partial charge in [0.05, 0.1) is 11.4 Å². The summed E-state index contributed by atoms with van der Waals surface area (Å²) in [6.07, 6.45) is 0. The van der Waals surface area contributed by atoms with E-state index in [1.165, 1.54) is 11.9 Å². The molecule has 1 aliphatic rings. The molecule has 2 aromatic carbocycles. The van der Waals surface area contributed by atoms with Gasteiger partial charge in [0.2, 0.25) is 0 Å². The molecule has 0 bridgehead atoms. The van der Waals surface area contributed by atoms with Gasteiger partial charge in [-0.1, -0.05) is 48.5 Å². The molecule has 0 aliphatic carbocycles. The number of anilines is 1. The van der Waals surface area contributed by atoms with Gasteiger partial charge in [0.25, 0.3) is 0 Å². The Morgan fingerprint density at radius 1 is 1.05 bits per heavy atom. The van der Waals surface area contributed by atoms with Crippen LogP contribution in [0.2, 0.25) is 0 Å². The number of Topliss-reactive ketones (excluding diaryl/α,β-unsaturated/α-hetero) is 1. The minimum atomic E-state index is -0.652. The van der Waals surface area contributed by atoms with Gasteiger partial charge in [0, 0.05) is 0 Å². The highest BCUT2D eigenvalue weighted by atomic mass is 16.2. The lowest BCUT2D eigenvalue weighted by atomic mass is 10.00. The first kappa shape index (κ1) is 14.2. The normalized spacial score (nSPS) is 18.0. The number of hydrogen-bond acceptors (Lipinski definition) is 3. The summed E-state index contributed by atoms with van der Waals surface area (Å²) >= 11 is 0. The first-order valence-electron chi connectivity index (χ1n) is 6.96. The lowest BCUT2D eigenvalue weighted by Crippen LogP contribution is -2.57. The van der Waals surface area contributed by atoms with Crippen LogP contribution in [0, 0.1) is 0 Å². The molecular weight excluding hydrogens is 278 g/mol. The van der Waals surface area contributed by atoms with Crippen LogP contribution >= 0.6 is 0 Å². The number of para-hydroxylation sites is 1. The number of carbonyl (C=O) groups excluding carboxylic acids is 2. The molecule has 0 fully saturated rings. The van der Waals surface area contributed by atoms with Crippen LogP contribution in [0.5, 0.6) is 0 Å². The maximum atomic E-state index is 12.3. The molecular formula is C17H15N3O2. The Morgan fingerprint density at radius 2 is 1.64 bits per heavy atom. The molecule has 1 unspecified atom stereocenters. The van der Waals surface area contributed by atoms with Crippen LogP contribution in [-0.4, -0.2) is 23.6 Å². The highest BCUT2D eigenvalue weighted by Gasteiger charge is 2.32. The summed E-state index contributed by atoms with van der Waals surface area (Å²) in [6, 6.07) is 17.2. The number of aliphatic imine (C=N–C) groups is 1. The molecule has 0 radical (unpaired) electrons. The van der Waals surface area contributed by atoms with E-state index in [0.29, 0.717) is 11.4 Å². The fraction of sp³-hybridized carbons (Fsp3) is 0.118. The van der Waals surface area contributed by atoms with E-state index in [4.69, 9.17) is 0 Å². The Morgan fingerprint density at radius 3 is 2.23 bits per heavy atom. The van der Waals surface area contributed by atoms with Crippen molar-refractivity contribution in [1.29, 1.82) is 0 Å². The number of amides is 2. The van der Waals surface area contributed by atoms with Crippen molar-refractivity contribution in [1.82, 2.24) is 5.43 Å². The van der Waals surface area contributed by atoms with E-state index in [-0.39, 0.29) is 5.78 Å². The van der Waals surface area contributed by atoms with Crippen molar-refractivity contribution in [2.45, 2.75) is 13.0 Å². The number of benzene rings is 2. The summed E-state index contributed by atoms with van der Waals surface area (Å²) < 4.78 is 0. The average molecular weight is 293 g/mol. The Hall–Kier alpha value is -2.79. The quantitative estimate of drug-likeness (QED) is 0.946. The van der Waals surface area contributed by atoms with E-state index in [2.05, 4.69) is 10.4 Å². The van der Waals surface area contributed by atoms with E-state index in [1.807, 2.05) is 48.5 Å². The largest absolute Gasteiger partial charge is 0.362 e. The van der Waals surface area contributed by atoms with Crippen LogP contribution in [0.1, 0.15) is 12.5 Å². The molecule has 0 saturated carbocycles. The highest BCUT2D eigenvalue weighted by molar-refractivity contribution is 6.22. The lowest BCUT2D eigenvalue weighted by Gasteiger charge is -2.31. The van der Waals surface area contributed by atoms with Gasteiger partial charge in [-0.05, 0) is 24.6 Å². The Bertz CT molecular complexity index is 726.